The van der Waals surface area contributed by atoms with Gasteiger partial charge in [0.1, 0.15) is 0 Å². The summed E-state index contributed by atoms with van der Waals surface area (Å²) < 4.78 is 24.7. The van der Waals surface area contributed by atoms with E-state index in [2.05, 4.69) is 12.2 Å². The zero-order chi connectivity index (χ0) is 10.1. The molecule has 1 N–H and O–H groups in total. The van der Waals surface area contributed by atoms with E-state index in [1.54, 1.807) is 0 Å². The van der Waals surface area contributed by atoms with Gasteiger partial charge in [-0.15, -0.1) is 0 Å². The molecule has 1 unspecified atom stereocenters. The number of nitrogens with one attached hydrogen (secondary N) is 1. The van der Waals surface area contributed by atoms with Gasteiger partial charge >= 0.3 is 0 Å². The number of hydrogen-bond donors (Lipinski definition) is 1. The summed E-state index contributed by atoms with van der Waals surface area (Å²) in [7, 11) is 0. The number of alkyl halides is 2. The first-order valence-electron chi connectivity index (χ1n) is 5.23. The lowest BCUT2D eigenvalue weighted by molar-refractivity contribution is 0.0936. The summed E-state index contributed by atoms with van der Waals surface area (Å²) in [5.74, 6) is 0. The molecular weight excluding hydrogens is 172 g/mol. The predicted octanol–water partition coefficient (Wildman–Crippen LogP) is 3.20. The van der Waals surface area contributed by atoms with Crippen molar-refractivity contribution in [1.29, 1.82) is 0 Å². The SMILES string of the molecule is CCCCCCC(NCC)C(F)F. The van der Waals surface area contributed by atoms with Gasteiger partial charge in [-0.2, -0.15) is 0 Å². The van der Waals surface area contributed by atoms with E-state index in [1.807, 2.05) is 6.92 Å². The Hall–Kier alpha value is -0.180. The second-order valence-electron chi connectivity index (χ2n) is 3.35. The molecule has 80 valence electrons. The normalized spacial score (nSPS) is 13.6. The van der Waals surface area contributed by atoms with Gasteiger partial charge < -0.3 is 5.32 Å². The fourth-order valence-electron chi connectivity index (χ4n) is 1.37. The topological polar surface area (TPSA) is 12.0 Å². The van der Waals surface area contributed by atoms with Crippen molar-refractivity contribution in [3.05, 3.63) is 0 Å². The van der Waals surface area contributed by atoms with Crippen molar-refractivity contribution in [3.8, 4) is 0 Å². The molecule has 13 heavy (non-hydrogen) atoms. The van der Waals surface area contributed by atoms with Gasteiger partial charge in [-0.25, -0.2) is 8.78 Å². The van der Waals surface area contributed by atoms with E-state index < -0.39 is 12.5 Å². The van der Waals surface area contributed by atoms with E-state index in [-0.39, 0.29) is 0 Å². The van der Waals surface area contributed by atoms with Crippen LogP contribution in [0.2, 0.25) is 0 Å². The maximum absolute atomic E-state index is 12.3. The van der Waals surface area contributed by atoms with Crippen molar-refractivity contribution < 1.29 is 8.78 Å². The molecule has 0 aliphatic rings. The van der Waals surface area contributed by atoms with Crippen LogP contribution < -0.4 is 5.32 Å². The lowest BCUT2D eigenvalue weighted by Gasteiger charge is -2.16. The highest BCUT2D eigenvalue weighted by Gasteiger charge is 2.17. The van der Waals surface area contributed by atoms with E-state index in [4.69, 9.17) is 0 Å². The lowest BCUT2D eigenvalue weighted by atomic mass is 10.1. The van der Waals surface area contributed by atoms with Gasteiger partial charge in [0.25, 0.3) is 6.43 Å². The molecule has 1 atom stereocenters. The minimum Gasteiger partial charge on any atom is -0.309 e. The largest absolute Gasteiger partial charge is 0.309 e. The van der Waals surface area contributed by atoms with Crippen molar-refractivity contribution in [1.82, 2.24) is 5.32 Å². The first-order valence-corrected chi connectivity index (χ1v) is 5.23. The van der Waals surface area contributed by atoms with Crippen molar-refractivity contribution in [3.63, 3.8) is 0 Å². The van der Waals surface area contributed by atoms with Gasteiger partial charge in [0.05, 0.1) is 6.04 Å². The molecule has 0 heterocycles. The summed E-state index contributed by atoms with van der Waals surface area (Å²) in [5, 5.41) is 2.81. The van der Waals surface area contributed by atoms with Crippen LogP contribution in [0.5, 0.6) is 0 Å². The molecule has 0 aromatic rings. The number of rotatable bonds is 8. The second kappa shape index (κ2) is 8.42. The Morgan fingerprint density at radius 2 is 1.77 bits per heavy atom. The third kappa shape index (κ3) is 6.94. The molecule has 0 aromatic carbocycles. The molecule has 0 rings (SSSR count). The third-order valence-corrected chi connectivity index (χ3v) is 2.14. The summed E-state index contributed by atoms with van der Waals surface area (Å²) in [6, 6.07) is -0.596. The molecule has 0 aliphatic heterocycles. The fourth-order valence-corrected chi connectivity index (χ4v) is 1.37. The van der Waals surface area contributed by atoms with Crippen LogP contribution in [-0.2, 0) is 0 Å². The monoisotopic (exact) mass is 193 g/mol. The third-order valence-electron chi connectivity index (χ3n) is 2.14. The summed E-state index contributed by atoms with van der Waals surface area (Å²) >= 11 is 0. The first kappa shape index (κ1) is 12.8. The molecule has 0 amide bonds. The van der Waals surface area contributed by atoms with Gasteiger partial charge in [-0.05, 0) is 13.0 Å². The molecule has 0 saturated heterocycles. The first-order chi connectivity index (χ1) is 6.22. The van der Waals surface area contributed by atoms with Crippen LogP contribution in [0.25, 0.3) is 0 Å². The minimum atomic E-state index is -2.22. The van der Waals surface area contributed by atoms with Crippen molar-refractivity contribution in [2.45, 2.75) is 58.4 Å². The summed E-state index contributed by atoms with van der Waals surface area (Å²) in [6.07, 6.45) is 2.68. The summed E-state index contributed by atoms with van der Waals surface area (Å²) in [5.41, 5.74) is 0. The number of hydrogen-bond acceptors (Lipinski definition) is 1. The maximum Gasteiger partial charge on any atom is 0.253 e. The molecule has 0 fully saturated rings. The average molecular weight is 193 g/mol. The second-order valence-corrected chi connectivity index (χ2v) is 3.35. The van der Waals surface area contributed by atoms with Crippen LogP contribution in [0.1, 0.15) is 46.0 Å². The Kier molecular flexibility index (Phi) is 8.30. The molecule has 3 heteroatoms. The molecule has 0 aromatic heterocycles. The highest BCUT2D eigenvalue weighted by molar-refractivity contribution is 4.68. The van der Waals surface area contributed by atoms with Crippen LogP contribution >= 0.6 is 0 Å². The van der Waals surface area contributed by atoms with Gasteiger partial charge in [0.2, 0.25) is 0 Å². The van der Waals surface area contributed by atoms with E-state index in [0.717, 1.165) is 25.7 Å². The summed E-state index contributed by atoms with van der Waals surface area (Å²) in [6.45, 7) is 4.61. The van der Waals surface area contributed by atoms with Crippen LogP contribution in [0.15, 0.2) is 0 Å². The number of halogens is 2. The van der Waals surface area contributed by atoms with Crippen molar-refractivity contribution >= 4 is 0 Å². The molecular formula is C10H21F2N. The van der Waals surface area contributed by atoms with Crippen LogP contribution in [0.3, 0.4) is 0 Å². The molecule has 0 spiro atoms. The number of unbranched alkanes of at least 4 members (excludes halogenated alkanes) is 3. The van der Waals surface area contributed by atoms with Crippen molar-refractivity contribution in [2.75, 3.05) is 6.54 Å². The Balaban J connectivity index is 3.45. The highest BCUT2D eigenvalue weighted by Crippen LogP contribution is 2.11. The van der Waals surface area contributed by atoms with Gasteiger partial charge in [0, 0.05) is 0 Å². The van der Waals surface area contributed by atoms with Gasteiger partial charge in [-0.3, -0.25) is 0 Å². The highest BCUT2D eigenvalue weighted by atomic mass is 19.3. The fraction of sp³-hybridized carbons (Fsp3) is 1.00. The quantitative estimate of drug-likeness (QED) is 0.584. The van der Waals surface area contributed by atoms with Crippen LogP contribution in [0.4, 0.5) is 8.78 Å². The van der Waals surface area contributed by atoms with E-state index >= 15 is 0 Å². The molecule has 0 bridgehead atoms. The molecule has 0 aliphatic carbocycles. The van der Waals surface area contributed by atoms with Crippen LogP contribution in [-0.4, -0.2) is 19.0 Å². The predicted molar refractivity (Wildman–Crippen MR) is 52.2 cm³/mol. The maximum atomic E-state index is 12.3. The molecule has 0 radical (unpaired) electrons. The zero-order valence-electron chi connectivity index (χ0n) is 8.65. The Morgan fingerprint density at radius 1 is 1.08 bits per heavy atom. The van der Waals surface area contributed by atoms with E-state index in [9.17, 15) is 8.78 Å². The Bertz CT molecular complexity index is 107. The van der Waals surface area contributed by atoms with Crippen molar-refractivity contribution in [2.24, 2.45) is 0 Å². The zero-order valence-corrected chi connectivity index (χ0v) is 8.65. The molecule has 1 nitrogen and oxygen atoms in total. The smallest absolute Gasteiger partial charge is 0.253 e. The standard InChI is InChI=1S/C10H21F2N/c1-3-5-6-7-8-9(10(11)12)13-4-2/h9-10,13H,3-8H2,1-2H3. The van der Waals surface area contributed by atoms with E-state index in [0.29, 0.717) is 13.0 Å². The van der Waals surface area contributed by atoms with Crippen LogP contribution in [0, 0.1) is 0 Å². The average Bonchev–Trinajstić information content (AvgIpc) is 2.10. The Morgan fingerprint density at radius 3 is 2.23 bits per heavy atom. The minimum absolute atomic E-state index is 0.596. The lowest BCUT2D eigenvalue weighted by Crippen LogP contribution is -2.35. The van der Waals surface area contributed by atoms with Gasteiger partial charge in [-0.1, -0.05) is 39.5 Å². The van der Waals surface area contributed by atoms with E-state index in [1.165, 1.54) is 0 Å². The summed E-state index contributed by atoms with van der Waals surface area (Å²) in [4.78, 5) is 0. The Labute approximate surface area is 79.9 Å². The van der Waals surface area contributed by atoms with Gasteiger partial charge in [0.15, 0.2) is 0 Å². The molecule has 0 saturated carbocycles.